The number of anilines is 1. The second-order valence-electron chi connectivity index (χ2n) is 3.94. The number of ether oxygens (including phenoxy) is 2. The first-order valence-electron chi connectivity index (χ1n) is 5.78. The highest BCUT2D eigenvalue weighted by Gasteiger charge is 2.07. The lowest BCUT2D eigenvalue weighted by atomic mass is 10.2. The van der Waals surface area contributed by atoms with Crippen molar-refractivity contribution in [2.24, 2.45) is 5.84 Å². The van der Waals surface area contributed by atoms with Gasteiger partial charge in [0.2, 0.25) is 5.88 Å². The molecule has 0 aliphatic carbocycles. The van der Waals surface area contributed by atoms with E-state index >= 15 is 0 Å². The second kappa shape index (κ2) is 6.01. The Balaban J connectivity index is 2.10. The minimum atomic E-state index is 0.402. The molecule has 0 fully saturated rings. The summed E-state index contributed by atoms with van der Waals surface area (Å²) in [5.74, 6) is 7.21. The summed E-state index contributed by atoms with van der Waals surface area (Å²) >= 11 is 0. The van der Waals surface area contributed by atoms with Crippen LogP contribution >= 0.6 is 0 Å². The standard InChI is InChI=1S/C13H16N4O2/c1-9-12(17-14)15-8-16-13(9)19-7-10-4-3-5-11(6-10)18-2/h3-6,8H,7,14H2,1-2H3,(H,15,16,17). The molecule has 0 radical (unpaired) electrons. The van der Waals surface area contributed by atoms with Gasteiger partial charge in [0.1, 0.15) is 24.5 Å². The van der Waals surface area contributed by atoms with Crippen LogP contribution in [0.2, 0.25) is 0 Å². The minimum Gasteiger partial charge on any atom is -0.497 e. The summed E-state index contributed by atoms with van der Waals surface area (Å²) in [4.78, 5) is 8.08. The number of benzene rings is 1. The van der Waals surface area contributed by atoms with Crippen molar-refractivity contribution in [2.75, 3.05) is 12.5 Å². The predicted molar refractivity (Wildman–Crippen MR) is 71.9 cm³/mol. The maximum Gasteiger partial charge on any atom is 0.221 e. The molecule has 0 spiro atoms. The van der Waals surface area contributed by atoms with E-state index < -0.39 is 0 Å². The molecule has 0 bridgehead atoms. The summed E-state index contributed by atoms with van der Waals surface area (Å²) in [6, 6.07) is 7.67. The van der Waals surface area contributed by atoms with Gasteiger partial charge in [-0.05, 0) is 24.6 Å². The molecular formula is C13H16N4O2. The fraction of sp³-hybridized carbons (Fsp3) is 0.231. The summed E-state index contributed by atoms with van der Waals surface area (Å²) in [6.45, 7) is 2.25. The maximum atomic E-state index is 5.66. The topological polar surface area (TPSA) is 82.3 Å². The van der Waals surface area contributed by atoms with Crippen LogP contribution in [0.3, 0.4) is 0 Å². The third-order valence-corrected chi connectivity index (χ3v) is 2.68. The SMILES string of the molecule is COc1cccc(COc2ncnc(NN)c2C)c1. The third kappa shape index (κ3) is 3.11. The molecule has 1 aromatic carbocycles. The van der Waals surface area contributed by atoms with Crippen molar-refractivity contribution in [3.63, 3.8) is 0 Å². The highest BCUT2D eigenvalue weighted by Crippen LogP contribution is 2.21. The van der Waals surface area contributed by atoms with Crippen molar-refractivity contribution < 1.29 is 9.47 Å². The van der Waals surface area contributed by atoms with E-state index in [4.69, 9.17) is 15.3 Å². The van der Waals surface area contributed by atoms with Crippen molar-refractivity contribution in [3.05, 3.63) is 41.7 Å². The van der Waals surface area contributed by atoms with Gasteiger partial charge in [-0.15, -0.1) is 0 Å². The number of hydrogen-bond donors (Lipinski definition) is 2. The number of nitrogens with zero attached hydrogens (tertiary/aromatic N) is 2. The maximum absolute atomic E-state index is 5.66. The van der Waals surface area contributed by atoms with E-state index in [1.165, 1.54) is 6.33 Å². The molecule has 0 aliphatic heterocycles. The highest BCUT2D eigenvalue weighted by molar-refractivity contribution is 5.46. The predicted octanol–water partition coefficient (Wildman–Crippen LogP) is 1.66. The lowest BCUT2D eigenvalue weighted by Crippen LogP contribution is -2.11. The molecule has 0 aliphatic rings. The van der Waals surface area contributed by atoms with Gasteiger partial charge in [0.15, 0.2) is 0 Å². The number of rotatable bonds is 5. The molecule has 0 unspecified atom stereocenters. The lowest BCUT2D eigenvalue weighted by Gasteiger charge is -2.10. The monoisotopic (exact) mass is 260 g/mol. The highest BCUT2D eigenvalue weighted by atomic mass is 16.5. The Morgan fingerprint density at radius 1 is 1.32 bits per heavy atom. The Labute approximate surface area is 111 Å². The Hall–Kier alpha value is -2.34. The van der Waals surface area contributed by atoms with Crippen LogP contribution in [0.15, 0.2) is 30.6 Å². The zero-order valence-corrected chi connectivity index (χ0v) is 10.9. The Bertz CT molecular complexity index is 560. The van der Waals surface area contributed by atoms with E-state index in [2.05, 4.69) is 15.4 Å². The van der Waals surface area contributed by atoms with E-state index in [0.717, 1.165) is 16.9 Å². The van der Waals surface area contributed by atoms with E-state index in [-0.39, 0.29) is 0 Å². The van der Waals surface area contributed by atoms with Crippen LogP contribution in [0, 0.1) is 6.92 Å². The Kier molecular flexibility index (Phi) is 4.15. The molecule has 3 N–H and O–H groups in total. The average Bonchev–Trinajstić information content (AvgIpc) is 2.46. The van der Waals surface area contributed by atoms with Crippen molar-refractivity contribution in [1.82, 2.24) is 9.97 Å². The zero-order valence-electron chi connectivity index (χ0n) is 10.9. The van der Waals surface area contributed by atoms with Crippen LogP contribution in [0.5, 0.6) is 11.6 Å². The van der Waals surface area contributed by atoms with E-state index in [1.807, 2.05) is 31.2 Å². The van der Waals surface area contributed by atoms with Crippen LogP contribution in [0.4, 0.5) is 5.82 Å². The van der Waals surface area contributed by atoms with Gasteiger partial charge in [0.05, 0.1) is 12.7 Å². The second-order valence-corrected chi connectivity index (χ2v) is 3.94. The summed E-state index contributed by atoms with van der Waals surface area (Å²) in [6.07, 6.45) is 1.41. The first-order chi connectivity index (χ1) is 9.24. The zero-order chi connectivity index (χ0) is 13.7. The molecule has 0 saturated carbocycles. The van der Waals surface area contributed by atoms with Gasteiger partial charge in [-0.1, -0.05) is 12.1 Å². The number of nitrogens with two attached hydrogens (primary N) is 1. The van der Waals surface area contributed by atoms with Crippen molar-refractivity contribution >= 4 is 5.82 Å². The molecule has 0 saturated heterocycles. The van der Waals surface area contributed by atoms with Gasteiger partial charge in [0.25, 0.3) is 0 Å². The molecule has 19 heavy (non-hydrogen) atoms. The van der Waals surface area contributed by atoms with Crippen LogP contribution in [-0.4, -0.2) is 17.1 Å². The Morgan fingerprint density at radius 2 is 2.16 bits per heavy atom. The van der Waals surface area contributed by atoms with E-state index in [1.54, 1.807) is 7.11 Å². The van der Waals surface area contributed by atoms with Crippen molar-refractivity contribution in [1.29, 1.82) is 0 Å². The summed E-state index contributed by atoms with van der Waals surface area (Å²) in [7, 11) is 1.63. The minimum absolute atomic E-state index is 0.402. The number of hydrogen-bond acceptors (Lipinski definition) is 6. The number of hydrazine groups is 1. The summed E-state index contributed by atoms with van der Waals surface area (Å²) in [5, 5.41) is 0. The van der Waals surface area contributed by atoms with Crippen LogP contribution in [0.1, 0.15) is 11.1 Å². The third-order valence-electron chi connectivity index (χ3n) is 2.68. The van der Waals surface area contributed by atoms with Gasteiger partial charge in [-0.2, -0.15) is 0 Å². The molecule has 1 heterocycles. The molecule has 100 valence electrons. The van der Waals surface area contributed by atoms with Gasteiger partial charge < -0.3 is 14.9 Å². The molecular weight excluding hydrogens is 244 g/mol. The smallest absolute Gasteiger partial charge is 0.221 e. The van der Waals surface area contributed by atoms with Crippen molar-refractivity contribution in [2.45, 2.75) is 13.5 Å². The van der Waals surface area contributed by atoms with Gasteiger partial charge in [0, 0.05) is 0 Å². The quantitative estimate of drug-likeness (QED) is 0.628. The molecule has 0 amide bonds. The summed E-state index contributed by atoms with van der Waals surface area (Å²) in [5.41, 5.74) is 4.27. The fourth-order valence-electron chi connectivity index (χ4n) is 1.64. The summed E-state index contributed by atoms with van der Waals surface area (Å²) < 4.78 is 10.8. The lowest BCUT2D eigenvalue weighted by molar-refractivity contribution is 0.290. The van der Waals surface area contributed by atoms with Crippen molar-refractivity contribution in [3.8, 4) is 11.6 Å². The van der Waals surface area contributed by atoms with Gasteiger partial charge in [-0.25, -0.2) is 15.8 Å². The average molecular weight is 260 g/mol. The Morgan fingerprint density at radius 3 is 2.89 bits per heavy atom. The molecule has 2 rings (SSSR count). The molecule has 1 aromatic heterocycles. The molecule has 0 atom stereocenters. The van der Waals surface area contributed by atoms with E-state index in [9.17, 15) is 0 Å². The first kappa shape index (κ1) is 13.1. The number of nitrogen functional groups attached to an aromatic ring is 1. The van der Waals surface area contributed by atoms with E-state index in [0.29, 0.717) is 18.3 Å². The molecule has 6 nitrogen and oxygen atoms in total. The number of nitrogens with one attached hydrogen (secondary N) is 1. The van der Waals surface area contributed by atoms with Crippen LogP contribution in [0.25, 0.3) is 0 Å². The van der Waals surface area contributed by atoms with Crippen LogP contribution in [-0.2, 0) is 6.61 Å². The molecule has 6 heteroatoms. The number of aromatic nitrogens is 2. The first-order valence-corrected chi connectivity index (χ1v) is 5.78. The fourth-order valence-corrected chi connectivity index (χ4v) is 1.64. The van der Waals surface area contributed by atoms with Crippen LogP contribution < -0.4 is 20.7 Å². The normalized spacial score (nSPS) is 10.1. The largest absolute Gasteiger partial charge is 0.497 e. The van der Waals surface area contributed by atoms with Gasteiger partial charge >= 0.3 is 0 Å². The number of methoxy groups -OCH3 is 1. The molecule has 2 aromatic rings. The van der Waals surface area contributed by atoms with Gasteiger partial charge in [-0.3, -0.25) is 0 Å².